The Hall–Kier alpha value is -5.49. The first kappa shape index (κ1) is 45.4. The van der Waals surface area contributed by atoms with Gasteiger partial charge in [0.1, 0.15) is 0 Å². The zero-order valence-electron chi connectivity index (χ0n) is 46.6. The van der Waals surface area contributed by atoms with Gasteiger partial charge in [-0.05, 0) is 103 Å². The summed E-state index contributed by atoms with van der Waals surface area (Å²) in [7, 11) is -1.61. The fourth-order valence-corrected chi connectivity index (χ4v) is 13.5. The van der Waals surface area contributed by atoms with Crippen LogP contribution in [0, 0.1) is 19.0 Å². The van der Waals surface area contributed by atoms with Crippen LogP contribution in [0.5, 0.6) is 0 Å². The second-order valence-electron chi connectivity index (χ2n) is 21.2. The number of aromatic nitrogens is 3. The topological polar surface area (TPSA) is 30.7 Å². The van der Waals surface area contributed by atoms with Gasteiger partial charge in [-0.15, -0.1) is 53.6 Å². The predicted molar refractivity (Wildman–Crippen MR) is 305 cm³/mol. The van der Waals surface area contributed by atoms with E-state index in [0.29, 0.717) is 11.8 Å². The Bertz CT molecular complexity index is 3640. The van der Waals surface area contributed by atoms with Crippen LogP contribution < -0.4 is 5.19 Å². The van der Waals surface area contributed by atoms with Crippen LogP contribution in [0.15, 0.2) is 140 Å². The zero-order chi connectivity index (χ0) is 52.3. The van der Waals surface area contributed by atoms with Crippen LogP contribution in [0.1, 0.15) is 131 Å². The number of imidazole rings is 1. The van der Waals surface area contributed by atoms with Gasteiger partial charge in [0.05, 0.1) is 24.9 Å². The van der Waals surface area contributed by atoms with Crippen molar-refractivity contribution in [3.63, 3.8) is 0 Å². The molecule has 0 amide bonds. The Morgan fingerprint density at radius 1 is 0.718 bits per heavy atom. The van der Waals surface area contributed by atoms with E-state index < -0.39 is 20.8 Å². The molecular formula is C65H67IrN3SSi-2. The van der Waals surface area contributed by atoms with Gasteiger partial charge >= 0.3 is 0 Å². The molecule has 0 saturated heterocycles. The first-order valence-corrected chi connectivity index (χ1v) is 29.6. The molecule has 0 bridgehead atoms. The van der Waals surface area contributed by atoms with E-state index in [1.165, 1.54) is 113 Å². The third-order valence-corrected chi connectivity index (χ3v) is 17.6. The van der Waals surface area contributed by atoms with Crippen LogP contribution in [-0.2, 0) is 20.1 Å². The minimum atomic E-state index is -2.13. The quantitative estimate of drug-likeness (QED) is 0.107. The number of pyridine rings is 1. The second-order valence-corrected chi connectivity index (χ2v) is 27.3. The number of fused-ring (bicyclic) bond motifs is 6. The summed E-state index contributed by atoms with van der Waals surface area (Å²) in [6, 6.07) is 54.3. The smallest absolute Gasteiger partial charge is 0.0799 e. The van der Waals surface area contributed by atoms with E-state index in [2.05, 4.69) is 178 Å². The molecular weight excluding hydrogens is 1080 g/mol. The molecule has 6 heteroatoms. The fraction of sp³-hybridized carbons (Fsp3) is 0.292. The first-order valence-electron chi connectivity index (χ1n) is 27.3. The average Bonchev–Trinajstić information content (AvgIpc) is 3.97. The molecule has 10 aromatic rings. The van der Waals surface area contributed by atoms with Gasteiger partial charge < -0.3 is 9.55 Å². The molecule has 0 atom stereocenters. The number of hydrogen-bond acceptors (Lipinski definition) is 3. The van der Waals surface area contributed by atoms with Crippen molar-refractivity contribution in [2.75, 3.05) is 0 Å². The van der Waals surface area contributed by atoms with Crippen LogP contribution >= 0.6 is 11.3 Å². The molecule has 3 aromatic heterocycles. The summed E-state index contributed by atoms with van der Waals surface area (Å²) in [4.78, 5) is 10.0. The van der Waals surface area contributed by atoms with Gasteiger partial charge in [-0.25, -0.2) is 0 Å². The van der Waals surface area contributed by atoms with Crippen molar-refractivity contribution in [3.8, 4) is 39.5 Å². The Morgan fingerprint density at radius 3 is 2.13 bits per heavy atom. The first-order chi connectivity index (χ1) is 35.3. The van der Waals surface area contributed by atoms with E-state index in [1.54, 1.807) is 12.1 Å². The molecule has 7 aromatic carbocycles. The number of benzene rings is 7. The summed E-state index contributed by atoms with van der Waals surface area (Å²) in [5, 5.41) is 6.19. The van der Waals surface area contributed by atoms with E-state index in [1.807, 2.05) is 37.4 Å². The minimum Gasteiger partial charge on any atom is -0.332 e. The molecule has 71 heavy (non-hydrogen) atoms. The molecule has 363 valence electrons. The van der Waals surface area contributed by atoms with Crippen molar-refractivity contribution >= 4 is 66.6 Å². The molecule has 1 aliphatic rings. The molecule has 11 rings (SSSR count). The molecule has 1 fully saturated rings. The molecule has 1 aliphatic carbocycles. The Morgan fingerprint density at radius 2 is 1.45 bits per heavy atom. The van der Waals surface area contributed by atoms with Crippen molar-refractivity contribution in [2.24, 2.45) is 0 Å². The predicted octanol–water partition coefficient (Wildman–Crippen LogP) is 18.5. The summed E-state index contributed by atoms with van der Waals surface area (Å²) in [6.07, 6.45) is 8.67. The monoisotopic (exact) mass is 1150 g/mol. The van der Waals surface area contributed by atoms with E-state index in [-0.39, 0.29) is 25.7 Å². The number of rotatable bonds is 9. The standard InChI is InChI=1S/C47H43N2S.C18H24NSi.Ir/c1-29(2)36-16-10-17-37(30(3)4)44(36)49-45-38-15-9-8-14-34(38)25-27-42(45)48-47(49)41-19-11-18-40-39-26-24-35(28-43(39)50-46(40)41)33-22-20-32(21-23-33)31-12-6-5-7-13-31;1-13(2)16-11-17(15-9-7-14(3)8-10-15)19-12-18(16)20(4,5)6;/h8-11,14-18,20-31H,5-7,12-13H2,1-4H3;7-9,11-13H,1-6H3;/q2*-1;/i;3D3,13D;. The van der Waals surface area contributed by atoms with Gasteiger partial charge in [0, 0.05) is 47.6 Å². The Labute approximate surface area is 446 Å². The van der Waals surface area contributed by atoms with E-state index in [4.69, 9.17) is 10.5 Å². The maximum Gasteiger partial charge on any atom is 0.0799 e. The molecule has 3 heterocycles. The van der Waals surface area contributed by atoms with Gasteiger partial charge in [0.15, 0.2) is 0 Å². The molecule has 1 radical (unpaired) electrons. The SMILES string of the molecule is CC(C)c1cccc(C(C)C)c1-n1c(-c2[c-]ccc3c2sc2cc(-c4ccc(C5CCCCC5)cc4)ccc23)nc2ccc3ccccc3c21.[2H]C([2H])([2H])c1c[c-]c(-c2cc(C([2H])(C)C)c([Si](C)(C)C)cn2)cc1.[Ir]. The van der Waals surface area contributed by atoms with Crippen molar-refractivity contribution in [1.82, 2.24) is 14.5 Å². The number of aryl methyl sites for hydroxylation is 1. The summed E-state index contributed by atoms with van der Waals surface area (Å²) in [5.41, 5.74) is 14.0. The van der Waals surface area contributed by atoms with Gasteiger partial charge in [0.25, 0.3) is 0 Å². The van der Waals surface area contributed by atoms with E-state index in [9.17, 15) is 0 Å². The average molecular weight is 1150 g/mol. The summed E-state index contributed by atoms with van der Waals surface area (Å²) >= 11 is 1.87. The molecule has 0 N–H and O–H groups in total. The minimum absolute atomic E-state index is 0. The summed E-state index contributed by atoms with van der Waals surface area (Å²) in [6.45, 7) is 17.6. The summed E-state index contributed by atoms with van der Waals surface area (Å²) < 4.78 is 35.8. The van der Waals surface area contributed by atoms with E-state index >= 15 is 0 Å². The molecule has 0 spiro atoms. The van der Waals surface area contributed by atoms with Crippen LogP contribution in [-0.4, -0.2) is 22.6 Å². The van der Waals surface area contributed by atoms with Gasteiger partial charge in [0.2, 0.25) is 0 Å². The van der Waals surface area contributed by atoms with Gasteiger partial charge in [-0.1, -0.05) is 195 Å². The zero-order valence-corrected chi connectivity index (χ0v) is 46.8. The van der Waals surface area contributed by atoms with Crippen LogP contribution in [0.4, 0.5) is 0 Å². The molecule has 0 unspecified atom stereocenters. The summed E-state index contributed by atoms with van der Waals surface area (Å²) in [5.74, 6) is 1.67. The van der Waals surface area contributed by atoms with Crippen LogP contribution in [0.25, 0.3) is 81.4 Å². The molecule has 1 saturated carbocycles. The number of para-hydroxylation sites is 1. The number of nitrogens with zero attached hydrogens (tertiary/aromatic N) is 3. The van der Waals surface area contributed by atoms with Crippen LogP contribution in [0.3, 0.4) is 0 Å². The Kier molecular flexibility index (Phi) is 13.4. The van der Waals surface area contributed by atoms with E-state index in [0.717, 1.165) is 39.6 Å². The third kappa shape index (κ3) is 10.0. The Balaban J connectivity index is 0.000000233. The second kappa shape index (κ2) is 20.9. The van der Waals surface area contributed by atoms with Crippen molar-refractivity contribution < 1.29 is 25.6 Å². The number of thiophene rings is 1. The van der Waals surface area contributed by atoms with Gasteiger partial charge in [-0.2, -0.15) is 11.3 Å². The maximum atomic E-state index is 8.48. The fourth-order valence-electron chi connectivity index (χ4n) is 10.7. The normalized spacial score (nSPS) is 14.6. The molecule has 3 nitrogen and oxygen atoms in total. The maximum absolute atomic E-state index is 8.48. The van der Waals surface area contributed by atoms with Gasteiger partial charge in [-0.3, -0.25) is 4.98 Å². The largest absolute Gasteiger partial charge is 0.332 e. The van der Waals surface area contributed by atoms with Crippen LogP contribution in [0.2, 0.25) is 19.6 Å². The van der Waals surface area contributed by atoms with Crippen molar-refractivity contribution in [3.05, 3.63) is 180 Å². The number of hydrogen-bond donors (Lipinski definition) is 0. The third-order valence-electron chi connectivity index (χ3n) is 14.4. The van der Waals surface area contributed by atoms with Crippen molar-refractivity contribution in [2.45, 2.75) is 124 Å². The van der Waals surface area contributed by atoms with Crippen molar-refractivity contribution in [1.29, 1.82) is 0 Å². The molecule has 0 aliphatic heterocycles.